The highest BCUT2D eigenvalue weighted by Gasteiger charge is 2.05. The summed E-state index contributed by atoms with van der Waals surface area (Å²) < 4.78 is 13.2. The minimum absolute atomic E-state index is 0.206. The van der Waals surface area contributed by atoms with Gasteiger partial charge in [0, 0.05) is 24.5 Å². The number of benzene rings is 2. The van der Waals surface area contributed by atoms with Crippen LogP contribution >= 0.6 is 11.3 Å². The fourth-order valence-electron chi connectivity index (χ4n) is 2.51. The van der Waals surface area contributed by atoms with Crippen molar-refractivity contribution in [1.82, 2.24) is 15.6 Å². The van der Waals surface area contributed by atoms with Crippen LogP contribution in [0.4, 0.5) is 4.39 Å². The third-order valence-corrected chi connectivity index (χ3v) is 4.77. The molecular formula is C20H21FN4S. The first-order valence-electron chi connectivity index (χ1n) is 8.43. The number of nitrogens with zero attached hydrogens (tertiary/aromatic N) is 2. The van der Waals surface area contributed by atoms with Crippen LogP contribution in [0.3, 0.4) is 0 Å². The lowest BCUT2D eigenvalue weighted by Crippen LogP contribution is -2.37. The van der Waals surface area contributed by atoms with E-state index < -0.39 is 0 Å². The van der Waals surface area contributed by atoms with Gasteiger partial charge in [0.25, 0.3) is 0 Å². The van der Waals surface area contributed by atoms with Gasteiger partial charge < -0.3 is 10.6 Å². The molecule has 2 N–H and O–H groups in total. The van der Waals surface area contributed by atoms with Crippen LogP contribution in [0.15, 0.2) is 65.0 Å². The fourth-order valence-corrected chi connectivity index (χ4v) is 3.34. The van der Waals surface area contributed by atoms with Gasteiger partial charge >= 0.3 is 0 Å². The number of aromatic nitrogens is 1. The fraction of sp³-hybridized carbons (Fsp3) is 0.200. The number of halogens is 1. The molecule has 0 saturated carbocycles. The summed E-state index contributed by atoms with van der Waals surface area (Å²) in [5.74, 6) is 0.499. The topological polar surface area (TPSA) is 49.3 Å². The highest BCUT2D eigenvalue weighted by atomic mass is 32.1. The van der Waals surface area contributed by atoms with Gasteiger partial charge in [-0.3, -0.25) is 4.99 Å². The number of guanidine groups is 1. The highest BCUT2D eigenvalue weighted by molar-refractivity contribution is 7.13. The number of rotatable bonds is 6. The van der Waals surface area contributed by atoms with Crippen LogP contribution in [0.5, 0.6) is 0 Å². The predicted octanol–water partition coefficient (Wildman–Crippen LogP) is 3.86. The summed E-state index contributed by atoms with van der Waals surface area (Å²) >= 11 is 1.63. The summed E-state index contributed by atoms with van der Waals surface area (Å²) in [5, 5.41) is 9.56. The van der Waals surface area contributed by atoms with E-state index in [0.717, 1.165) is 28.2 Å². The molecular weight excluding hydrogens is 347 g/mol. The Labute approximate surface area is 156 Å². The van der Waals surface area contributed by atoms with E-state index in [4.69, 9.17) is 0 Å². The predicted molar refractivity (Wildman–Crippen MR) is 106 cm³/mol. The van der Waals surface area contributed by atoms with Crippen molar-refractivity contribution in [3.63, 3.8) is 0 Å². The molecule has 0 atom stereocenters. The molecule has 0 bridgehead atoms. The Bertz CT molecular complexity index is 861. The van der Waals surface area contributed by atoms with Gasteiger partial charge in [-0.05, 0) is 24.1 Å². The average molecular weight is 368 g/mol. The van der Waals surface area contributed by atoms with Crippen molar-refractivity contribution in [3.8, 4) is 10.6 Å². The lowest BCUT2D eigenvalue weighted by Gasteiger charge is -2.11. The molecule has 0 aliphatic carbocycles. The number of nitrogens with one attached hydrogen (secondary N) is 2. The third kappa shape index (κ3) is 5.13. The quantitative estimate of drug-likeness (QED) is 0.513. The lowest BCUT2D eigenvalue weighted by molar-refractivity contribution is 0.625. The molecule has 0 aliphatic heterocycles. The molecule has 3 aromatic rings. The van der Waals surface area contributed by atoms with Crippen LogP contribution in [0.2, 0.25) is 0 Å². The molecule has 0 radical (unpaired) electrons. The normalized spacial score (nSPS) is 11.4. The summed E-state index contributed by atoms with van der Waals surface area (Å²) in [5.41, 5.74) is 3.06. The van der Waals surface area contributed by atoms with E-state index >= 15 is 0 Å². The lowest BCUT2D eigenvalue weighted by atomic mass is 10.1. The van der Waals surface area contributed by atoms with E-state index in [9.17, 15) is 4.39 Å². The van der Waals surface area contributed by atoms with Gasteiger partial charge in [-0.15, -0.1) is 11.3 Å². The van der Waals surface area contributed by atoms with Crippen molar-refractivity contribution in [3.05, 3.63) is 77.1 Å². The Morgan fingerprint density at radius 1 is 1.12 bits per heavy atom. The van der Waals surface area contributed by atoms with Crippen molar-refractivity contribution >= 4 is 17.3 Å². The molecule has 134 valence electrons. The average Bonchev–Trinajstić information content (AvgIpc) is 3.14. The van der Waals surface area contributed by atoms with E-state index in [1.54, 1.807) is 30.5 Å². The van der Waals surface area contributed by atoms with Crippen LogP contribution in [-0.2, 0) is 13.0 Å². The second-order valence-corrected chi connectivity index (χ2v) is 6.60. The first-order chi connectivity index (χ1) is 12.7. The Balaban J connectivity index is 1.48. The molecule has 0 aliphatic rings. The summed E-state index contributed by atoms with van der Waals surface area (Å²) in [6.45, 7) is 1.28. The Kier molecular flexibility index (Phi) is 6.33. The van der Waals surface area contributed by atoms with Crippen LogP contribution in [0, 0.1) is 5.82 Å². The summed E-state index contributed by atoms with van der Waals surface area (Å²) in [7, 11) is 1.73. The first-order valence-corrected chi connectivity index (χ1v) is 9.31. The number of thiazole rings is 1. The molecule has 0 fully saturated rings. The highest BCUT2D eigenvalue weighted by Crippen LogP contribution is 2.23. The summed E-state index contributed by atoms with van der Waals surface area (Å²) in [6, 6.07) is 16.8. The maximum absolute atomic E-state index is 13.2. The zero-order valence-corrected chi connectivity index (χ0v) is 15.4. The maximum atomic E-state index is 13.2. The molecule has 2 aromatic carbocycles. The first kappa shape index (κ1) is 18.1. The Morgan fingerprint density at radius 3 is 2.73 bits per heavy atom. The van der Waals surface area contributed by atoms with Crippen LogP contribution < -0.4 is 10.6 Å². The van der Waals surface area contributed by atoms with Gasteiger partial charge in [-0.25, -0.2) is 9.37 Å². The third-order valence-electron chi connectivity index (χ3n) is 3.83. The van der Waals surface area contributed by atoms with Crippen molar-refractivity contribution in [1.29, 1.82) is 0 Å². The molecule has 1 aromatic heterocycles. The van der Waals surface area contributed by atoms with Gasteiger partial charge in [-0.1, -0.05) is 42.5 Å². The zero-order chi connectivity index (χ0) is 18.2. The van der Waals surface area contributed by atoms with Crippen LogP contribution in [0.25, 0.3) is 10.6 Å². The molecule has 0 spiro atoms. The van der Waals surface area contributed by atoms with Crippen molar-refractivity contribution in [2.45, 2.75) is 13.0 Å². The van der Waals surface area contributed by atoms with E-state index in [0.29, 0.717) is 19.0 Å². The van der Waals surface area contributed by atoms with Gasteiger partial charge in [-0.2, -0.15) is 0 Å². The van der Waals surface area contributed by atoms with E-state index in [1.165, 1.54) is 6.07 Å². The Hall–Kier alpha value is -2.73. The second kappa shape index (κ2) is 9.10. The largest absolute Gasteiger partial charge is 0.356 e. The van der Waals surface area contributed by atoms with Crippen LogP contribution in [0.1, 0.15) is 11.3 Å². The van der Waals surface area contributed by atoms with E-state index in [1.807, 2.05) is 24.3 Å². The number of hydrogen-bond acceptors (Lipinski definition) is 3. The minimum Gasteiger partial charge on any atom is -0.356 e. The molecule has 0 amide bonds. The SMILES string of the molecule is CN=C(NCCc1cccc(F)c1)NCc1csc(-c2ccccc2)n1. The zero-order valence-electron chi connectivity index (χ0n) is 14.6. The van der Waals surface area contributed by atoms with Gasteiger partial charge in [0.05, 0.1) is 12.2 Å². The number of aliphatic imine (C=N–C) groups is 1. The molecule has 1 heterocycles. The summed E-state index contributed by atoms with van der Waals surface area (Å²) in [6.07, 6.45) is 0.729. The van der Waals surface area contributed by atoms with Crippen molar-refractivity contribution in [2.75, 3.05) is 13.6 Å². The van der Waals surface area contributed by atoms with E-state index in [-0.39, 0.29) is 5.82 Å². The Morgan fingerprint density at radius 2 is 1.96 bits per heavy atom. The number of hydrogen-bond donors (Lipinski definition) is 2. The molecule has 26 heavy (non-hydrogen) atoms. The van der Waals surface area contributed by atoms with Crippen LogP contribution in [-0.4, -0.2) is 24.5 Å². The van der Waals surface area contributed by atoms with Crippen molar-refractivity contribution < 1.29 is 4.39 Å². The standard InChI is InChI=1S/C20H21FN4S/c1-22-20(23-11-10-15-6-5-9-17(21)12-15)24-13-18-14-26-19(25-18)16-7-3-2-4-8-16/h2-9,12,14H,10-11,13H2,1H3,(H2,22,23,24). The summed E-state index contributed by atoms with van der Waals surface area (Å²) in [4.78, 5) is 8.87. The molecule has 6 heteroatoms. The van der Waals surface area contributed by atoms with Gasteiger partial charge in [0.2, 0.25) is 0 Å². The van der Waals surface area contributed by atoms with Gasteiger partial charge in [0.1, 0.15) is 10.8 Å². The monoisotopic (exact) mass is 368 g/mol. The second-order valence-electron chi connectivity index (χ2n) is 5.74. The van der Waals surface area contributed by atoms with E-state index in [2.05, 4.69) is 38.1 Å². The molecule has 0 unspecified atom stereocenters. The maximum Gasteiger partial charge on any atom is 0.191 e. The molecule has 4 nitrogen and oxygen atoms in total. The molecule has 0 saturated heterocycles. The van der Waals surface area contributed by atoms with Crippen molar-refractivity contribution in [2.24, 2.45) is 4.99 Å². The molecule has 3 rings (SSSR count). The minimum atomic E-state index is -0.206. The smallest absolute Gasteiger partial charge is 0.191 e. The van der Waals surface area contributed by atoms with Gasteiger partial charge in [0.15, 0.2) is 5.96 Å².